The van der Waals surface area contributed by atoms with Gasteiger partial charge in [0.25, 0.3) is 0 Å². The zero-order chi connectivity index (χ0) is 14.7. The molecule has 1 atom stereocenters. The average Bonchev–Trinajstić information content (AvgIpc) is 2.86. The summed E-state index contributed by atoms with van der Waals surface area (Å²) in [5, 5.41) is 3.90. The highest BCUT2D eigenvalue weighted by Gasteiger charge is 2.12. The second kappa shape index (κ2) is 6.05. The fraction of sp³-hybridized carbons (Fsp3) is 0.467. The van der Waals surface area contributed by atoms with E-state index in [2.05, 4.69) is 10.1 Å². The summed E-state index contributed by atoms with van der Waals surface area (Å²) in [6.45, 7) is 8.26. The van der Waals surface area contributed by atoms with Gasteiger partial charge in [0.2, 0.25) is 11.7 Å². The summed E-state index contributed by atoms with van der Waals surface area (Å²) in [7, 11) is 0. The van der Waals surface area contributed by atoms with Gasteiger partial charge in [0, 0.05) is 17.5 Å². The highest BCUT2D eigenvalue weighted by molar-refractivity contribution is 5.38. The van der Waals surface area contributed by atoms with E-state index in [9.17, 15) is 0 Å². The predicted octanol–water partition coefficient (Wildman–Crippen LogP) is 3.10. The number of aromatic nitrogens is 2. The lowest BCUT2D eigenvalue weighted by Gasteiger charge is -2.13. The van der Waals surface area contributed by atoms with Crippen LogP contribution in [0, 0.1) is 6.92 Å². The summed E-state index contributed by atoms with van der Waals surface area (Å²) in [4.78, 5) is 4.28. The summed E-state index contributed by atoms with van der Waals surface area (Å²) in [5.74, 6) is 2.15. The summed E-state index contributed by atoms with van der Waals surface area (Å²) in [6, 6.07) is 5.88. The third-order valence-electron chi connectivity index (χ3n) is 2.99. The molecule has 0 unspecified atom stereocenters. The van der Waals surface area contributed by atoms with Crippen LogP contribution in [-0.4, -0.2) is 10.1 Å². The Morgan fingerprint density at radius 3 is 2.65 bits per heavy atom. The Kier molecular flexibility index (Phi) is 4.39. The Labute approximate surface area is 119 Å². The van der Waals surface area contributed by atoms with Crippen molar-refractivity contribution in [1.82, 2.24) is 10.1 Å². The van der Waals surface area contributed by atoms with Crippen LogP contribution < -0.4 is 10.5 Å². The van der Waals surface area contributed by atoms with Crippen LogP contribution in [0.5, 0.6) is 5.75 Å². The van der Waals surface area contributed by atoms with E-state index in [-0.39, 0.29) is 18.6 Å². The molecule has 0 aliphatic rings. The van der Waals surface area contributed by atoms with E-state index in [1.54, 1.807) is 0 Å². The molecule has 1 heterocycles. The van der Waals surface area contributed by atoms with Gasteiger partial charge in [-0.05, 0) is 19.9 Å². The minimum Gasteiger partial charge on any atom is -0.485 e. The lowest BCUT2D eigenvalue weighted by Crippen LogP contribution is -2.09. The summed E-state index contributed by atoms with van der Waals surface area (Å²) in [5.41, 5.74) is 8.11. The lowest BCUT2D eigenvalue weighted by molar-refractivity contribution is 0.280. The predicted molar refractivity (Wildman–Crippen MR) is 76.5 cm³/mol. The molecular formula is C15H21N3O2. The molecule has 0 radical (unpaired) electrons. The largest absolute Gasteiger partial charge is 0.485 e. The minimum absolute atomic E-state index is 0.0820. The smallest absolute Gasteiger partial charge is 0.229 e. The fourth-order valence-electron chi connectivity index (χ4n) is 1.86. The first kappa shape index (κ1) is 14.5. The third-order valence-corrected chi connectivity index (χ3v) is 2.99. The average molecular weight is 275 g/mol. The van der Waals surface area contributed by atoms with Gasteiger partial charge >= 0.3 is 0 Å². The molecule has 0 amide bonds. The number of ether oxygens (including phenoxy) is 1. The van der Waals surface area contributed by atoms with Crippen LogP contribution in [0.15, 0.2) is 22.7 Å². The van der Waals surface area contributed by atoms with E-state index in [1.165, 1.54) is 0 Å². The second-order valence-corrected chi connectivity index (χ2v) is 5.32. The van der Waals surface area contributed by atoms with Crippen molar-refractivity contribution in [2.75, 3.05) is 0 Å². The molecule has 2 aromatic rings. The Hall–Kier alpha value is -1.88. The third kappa shape index (κ3) is 3.36. The molecule has 1 aromatic carbocycles. The van der Waals surface area contributed by atoms with Crippen LogP contribution in [0.3, 0.4) is 0 Å². The second-order valence-electron chi connectivity index (χ2n) is 5.32. The van der Waals surface area contributed by atoms with E-state index in [0.29, 0.717) is 11.7 Å². The maximum absolute atomic E-state index is 5.97. The Bertz CT molecular complexity index is 576. The van der Waals surface area contributed by atoms with Crippen LogP contribution in [0.1, 0.15) is 55.6 Å². The van der Waals surface area contributed by atoms with E-state index < -0.39 is 0 Å². The van der Waals surface area contributed by atoms with Crippen molar-refractivity contribution in [3.05, 3.63) is 41.0 Å². The number of hydrogen-bond acceptors (Lipinski definition) is 5. The molecule has 0 bridgehead atoms. The van der Waals surface area contributed by atoms with Crippen molar-refractivity contribution in [1.29, 1.82) is 0 Å². The lowest BCUT2D eigenvalue weighted by atomic mass is 10.1. The maximum atomic E-state index is 5.97. The molecule has 0 fully saturated rings. The van der Waals surface area contributed by atoms with Crippen LogP contribution in [0.2, 0.25) is 0 Å². The molecule has 0 saturated carbocycles. The first-order valence-corrected chi connectivity index (χ1v) is 6.78. The highest BCUT2D eigenvalue weighted by Crippen LogP contribution is 2.25. The number of aryl methyl sites for hydroxylation is 1. The molecule has 108 valence electrons. The van der Waals surface area contributed by atoms with Gasteiger partial charge in [-0.15, -0.1) is 0 Å². The van der Waals surface area contributed by atoms with Crippen molar-refractivity contribution >= 4 is 0 Å². The van der Waals surface area contributed by atoms with Gasteiger partial charge in [-0.3, -0.25) is 0 Å². The molecule has 20 heavy (non-hydrogen) atoms. The van der Waals surface area contributed by atoms with Gasteiger partial charge in [0.15, 0.2) is 6.61 Å². The van der Waals surface area contributed by atoms with Gasteiger partial charge in [-0.1, -0.05) is 36.7 Å². The standard InChI is InChI=1S/C15H21N3O2/c1-9(2)15-17-14(18-20-15)8-19-13-6-5-10(3)7-12(13)11(4)16/h5-7,9,11H,8,16H2,1-4H3/t11-/m1/s1. The SMILES string of the molecule is Cc1ccc(OCc2noc(C(C)C)n2)c([C@@H](C)N)c1. The molecule has 1 aromatic heterocycles. The van der Waals surface area contributed by atoms with Gasteiger partial charge in [-0.2, -0.15) is 4.98 Å². The van der Waals surface area contributed by atoms with E-state index in [1.807, 2.05) is 45.9 Å². The topological polar surface area (TPSA) is 74.2 Å². The van der Waals surface area contributed by atoms with Crippen molar-refractivity contribution in [3.8, 4) is 5.75 Å². The summed E-state index contributed by atoms with van der Waals surface area (Å²) < 4.78 is 10.9. The number of benzene rings is 1. The Balaban J connectivity index is 2.10. The fourth-order valence-corrected chi connectivity index (χ4v) is 1.86. The van der Waals surface area contributed by atoms with Crippen molar-refractivity contribution in [3.63, 3.8) is 0 Å². The highest BCUT2D eigenvalue weighted by atomic mass is 16.5. The normalized spacial score (nSPS) is 12.7. The molecule has 2 N–H and O–H groups in total. The molecule has 0 aliphatic carbocycles. The zero-order valence-electron chi connectivity index (χ0n) is 12.4. The number of hydrogen-bond donors (Lipinski definition) is 1. The van der Waals surface area contributed by atoms with Gasteiger partial charge < -0.3 is 15.0 Å². The molecule has 2 rings (SSSR count). The van der Waals surface area contributed by atoms with E-state index in [0.717, 1.165) is 16.9 Å². The van der Waals surface area contributed by atoms with Gasteiger partial charge in [0.05, 0.1) is 0 Å². The quantitative estimate of drug-likeness (QED) is 0.907. The van der Waals surface area contributed by atoms with Crippen LogP contribution in [0.4, 0.5) is 0 Å². The van der Waals surface area contributed by atoms with Crippen LogP contribution >= 0.6 is 0 Å². The van der Waals surface area contributed by atoms with Crippen LogP contribution in [0.25, 0.3) is 0 Å². The number of nitrogens with two attached hydrogens (primary N) is 1. The maximum Gasteiger partial charge on any atom is 0.229 e. The Morgan fingerprint density at radius 2 is 2.05 bits per heavy atom. The molecule has 5 nitrogen and oxygen atoms in total. The number of rotatable bonds is 5. The minimum atomic E-state index is -0.0820. The van der Waals surface area contributed by atoms with Crippen molar-refractivity contribution in [2.24, 2.45) is 5.73 Å². The van der Waals surface area contributed by atoms with Crippen molar-refractivity contribution in [2.45, 2.75) is 46.3 Å². The van der Waals surface area contributed by atoms with Gasteiger partial charge in [-0.25, -0.2) is 0 Å². The monoisotopic (exact) mass is 275 g/mol. The summed E-state index contributed by atoms with van der Waals surface area (Å²) in [6.07, 6.45) is 0. The van der Waals surface area contributed by atoms with Crippen LogP contribution in [-0.2, 0) is 6.61 Å². The molecule has 0 aliphatic heterocycles. The molecule has 0 spiro atoms. The van der Waals surface area contributed by atoms with E-state index in [4.69, 9.17) is 15.0 Å². The molecule has 5 heteroatoms. The Morgan fingerprint density at radius 1 is 1.30 bits per heavy atom. The first-order chi connectivity index (χ1) is 9.47. The first-order valence-electron chi connectivity index (χ1n) is 6.78. The zero-order valence-corrected chi connectivity index (χ0v) is 12.4. The summed E-state index contributed by atoms with van der Waals surface area (Å²) >= 11 is 0. The van der Waals surface area contributed by atoms with Gasteiger partial charge in [0.1, 0.15) is 5.75 Å². The molecule has 0 saturated heterocycles. The van der Waals surface area contributed by atoms with Crippen molar-refractivity contribution < 1.29 is 9.26 Å². The molecular weight excluding hydrogens is 254 g/mol. The number of nitrogens with zero attached hydrogens (tertiary/aromatic N) is 2. The van der Waals surface area contributed by atoms with E-state index >= 15 is 0 Å².